The number of benzene rings is 1. The van der Waals surface area contributed by atoms with Gasteiger partial charge in [0.05, 0.1) is 0 Å². The fraction of sp³-hybridized carbons (Fsp3) is 0.500. The lowest BCUT2D eigenvalue weighted by molar-refractivity contribution is 0.555. The number of rotatable bonds is 1. The summed E-state index contributed by atoms with van der Waals surface area (Å²) in [4.78, 5) is 2.33. The highest BCUT2D eigenvalue weighted by Gasteiger charge is 2.38. The predicted molar refractivity (Wildman–Crippen MR) is 58.4 cm³/mol. The normalized spacial score (nSPS) is 28.0. The highest BCUT2D eigenvalue weighted by molar-refractivity contribution is 5.61. The molecular formula is C12H15FN2. The average Bonchev–Trinajstić information content (AvgIpc) is 2.76. The van der Waals surface area contributed by atoms with E-state index in [1.807, 2.05) is 6.07 Å². The van der Waals surface area contributed by atoms with Gasteiger partial charge in [-0.25, -0.2) is 4.39 Å². The topological polar surface area (TPSA) is 29.3 Å². The number of hydrogen-bond acceptors (Lipinski definition) is 2. The Morgan fingerprint density at radius 3 is 3.13 bits per heavy atom. The average molecular weight is 206 g/mol. The van der Waals surface area contributed by atoms with Crippen LogP contribution >= 0.6 is 0 Å². The first-order chi connectivity index (χ1) is 7.29. The minimum Gasteiger partial charge on any atom is -0.368 e. The number of nitrogens with two attached hydrogens (primary N) is 1. The molecule has 2 atom stereocenters. The molecule has 2 unspecified atom stereocenters. The van der Waals surface area contributed by atoms with Crippen LogP contribution in [0.5, 0.6) is 0 Å². The van der Waals surface area contributed by atoms with Gasteiger partial charge >= 0.3 is 0 Å². The number of anilines is 1. The molecule has 1 aromatic rings. The van der Waals surface area contributed by atoms with Gasteiger partial charge < -0.3 is 10.6 Å². The van der Waals surface area contributed by atoms with Crippen molar-refractivity contribution in [3.8, 4) is 0 Å². The molecule has 3 rings (SSSR count). The molecule has 0 amide bonds. The van der Waals surface area contributed by atoms with Crippen molar-refractivity contribution in [3.63, 3.8) is 0 Å². The molecule has 2 nitrogen and oxygen atoms in total. The van der Waals surface area contributed by atoms with Crippen molar-refractivity contribution in [3.05, 3.63) is 29.6 Å². The van der Waals surface area contributed by atoms with Crippen LogP contribution in [-0.2, 0) is 6.42 Å². The van der Waals surface area contributed by atoms with E-state index in [-0.39, 0.29) is 5.82 Å². The summed E-state index contributed by atoms with van der Waals surface area (Å²) in [5, 5.41) is 0. The summed E-state index contributed by atoms with van der Waals surface area (Å²) in [5.41, 5.74) is 7.68. The Morgan fingerprint density at radius 1 is 1.47 bits per heavy atom. The third-order valence-electron chi connectivity index (χ3n) is 3.68. The van der Waals surface area contributed by atoms with E-state index < -0.39 is 0 Å². The molecule has 0 saturated carbocycles. The molecule has 15 heavy (non-hydrogen) atoms. The molecule has 0 aromatic heterocycles. The molecule has 1 fully saturated rings. The molecule has 1 saturated heterocycles. The molecule has 0 radical (unpaired) electrons. The van der Waals surface area contributed by atoms with Crippen LogP contribution in [0, 0.1) is 11.7 Å². The Labute approximate surface area is 88.9 Å². The molecule has 0 aliphatic carbocycles. The number of hydrogen-bond donors (Lipinski definition) is 1. The molecule has 2 aliphatic heterocycles. The lowest BCUT2D eigenvalue weighted by atomic mass is 10.0. The Bertz CT molecular complexity index is 391. The van der Waals surface area contributed by atoms with Gasteiger partial charge in [-0.3, -0.25) is 0 Å². The largest absolute Gasteiger partial charge is 0.368 e. The van der Waals surface area contributed by atoms with E-state index in [2.05, 4.69) is 4.90 Å². The highest BCUT2D eigenvalue weighted by atomic mass is 19.1. The zero-order chi connectivity index (χ0) is 10.4. The van der Waals surface area contributed by atoms with Crippen LogP contribution in [0.25, 0.3) is 0 Å². The van der Waals surface area contributed by atoms with Crippen LogP contribution in [0.15, 0.2) is 18.2 Å². The van der Waals surface area contributed by atoms with E-state index in [9.17, 15) is 4.39 Å². The molecule has 2 aliphatic rings. The Balaban J connectivity index is 1.96. The van der Waals surface area contributed by atoms with E-state index in [0.717, 1.165) is 37.2 Å². The third-order valence-corrected chi connectivity index (χ3v) is 3.68. The van der Waals surface area contributed by atoms with Crippen molar-refractivity contribution < 1.29 is 4.39 Å². The standard InChI is InChI=1S/C12H15FN2/c13-11-2-1-3-12-10(11)5-9-4-8(6-14)7-15(9)12/h1-3,8-9H,4-7,14H2. The quantitative estimate of drug-likeness (QED) is 0.755. The van der Waals surface area contributed by atoms with Crippen LogP contribution < -0.4 is 10.6 Å². The van der Waals surface area contributed by atoms with E-state index >= 15 is 0 Å². The zero-order valence-corrected chi connectivity index (χ0v) is 8.62. The maximum Gasteiger partial charge on any atom is 0.128 e. The summed E-state index contributed by atoms with van der Waals surface area (Å²) >= 11 is 0. The SMILES string of the molecule is NCC1CC2Cc3c(F)cccc3N2C1. The van der Waals surface area contributed by atoms with Crippen molar-refractivity contribution in [2.45, 2.75) is 18.9 Å². The first-order valence-electron chi connectivity index (χ1n) is 5.53. The third kappa shape index (κ3) is 1.26. The fourth-order valence-electron chi connectivity index (χ4n) is 2.93. The van der Waals surface area contributed by atoms with Gasteiger partial charge in [-0.2, -0.15) is 0 Å². The number of halogens is 1. The van der Waals surface area contributed by atoms with E-state index in [1.54, 1.807) is 12.1 Å². The highest BCUT2D eigenvalue weighted by Crippen LogP contribution is 2.40. The minimum atomic E-state index is -0.0498. The lowest BCUT2D eigenvalue weighted by Crippen LogP contribution is -2.25. The van der Waals surface area contributed by atoms with Gasteiger partial charge in [0.25, 0.3) is 0 Å². The van der Waals surface area contributed by atoms with Gasteiger partial charge in [-0.15, -0.1) is 0 Å². The summed E-state index contributed by atoms with van der Waals surface area (Å²) in [5.74, 6) is 0.539. The van der Waals surface area contributed by atoms with Crippen LogP contribution in [0.3, 0.4) is 0 Å². The van der Waals surface area contributed by atoms with E-state index in [1.165, 1.54) is 0 Å². The molecule has 0 spiro atoms. The van der Waals surface area contributed by atoms with Crippen LogP contribution in [-0.4, -0.2) is 19.1 Å². The first-order valence-corrected chi connectivity index (χ1v) is 5.53. The lowest BCUT2D eigenvalue weighted by Gasteiger charge is -2.18. The van der Waals surface area contributed by atoms with Gasteiger partial charge in [0, 0.05) is 23.8 Å². The maximum atomic E-state index is 13.5. The second kappa shape index (κ2) is 3.20. The summed E-state index contributed by atoms with van der Waals surface area (Å²) in [7, 11) is 0. The molecular weight excluding hydrogens is 191 g/mol. The molecule has 3 heteroatoms. The Kier molecular flexibility index (Phi) is 1.96. The van der Waals surface area contributed by atoms with Crippen LogP contribution in [0.2, 0.25) is 0 Å². The first kappa shape index (κ1) is 9.16. The van der Waals surface area contributed by atoms with Gasteiger partial charge in [0.1, 0.15) is 5.82 Å². The molecule has 0 bridgehead atoms. The summed E-state index contributed by atoms with van der Waals surface area (Å²) in [6, 6.07) is 5.87. The van der Waals surface area contributed by atoms with Crippen molar-refractivity contribution in [2.75, 3.05) is 18.0 Å². The summed E-state index contributed by atoms with van der Waals surface area (Å²) < 4.78 is 13.5. The Morgan fingerprint density at radius 2 is 2.33 bits per heavy atom. The number of fused-ring (bicyclic) bond motifs is 3. The van der Waals surface area contributed by atoms with Crippen LogP contribution in [0.1, 0.15) is 12.0 Å². The van der Waals surface area contributed by atoms with Crippen molar-refractivity contribution >= 4 is 5.69 Å². The monoisotopic (exact) mass is 206 g/mol. The molecule has 80 valence electrons. The van der Waals surface area contributed by atoms with E-state index in [4.69, 9.17) is 5.73 Å². The van der Waals surface area contributed by atoms with Gasteiger partial charge in [0.2, 0.25) is 0 Å². The smallest absolute Gasteiger partial charge is 0.128 e. The van der Waals surface area contributed by atoms with Crippen molar-refractivity contribution in [2.24, 2.45) is 11.7 Å². The molecule has 2 N–H and O–H groups in total. The second-order valence-electron chi connectivity index (χ2n) is 4.59. The Hall–Kier alpha value is -1.09. The summed E-state index contributed by atoms with van der Waals surface area (Å²) in [6.07, 6.45) is 1.98. The zero-order valence-electron chi connectivity index (χ0n) is 8.62. The molecule has 1 aromatic carbocycles. The van der Waals surface area contributed by atoms with Gasteiger partial charge in [-0.1, -0.05) is 6.07 Å². The van der Waals surface area contributed by atoms with Crippen molar-refractivity contribution in [1.82, 2.24) is 0 Å². The second-order valence-corrected chi connectivity index (χ2v) is 4.59. The minimum absolute atomic E-state index is 0.0498. The van der Waals surface area contributed by atoms with Gasteiger partial charge in [0.15, 0.2) is 0 Å². The predicted octanol–water partition coefficient (Wildman–Crippen LogP) is 1.54. The molecule has 2 heterocycles. The van der Waals surface area contributed by atoms with E-state index in [0.29, 0.717) is 12.0 Å². The van der Waals surface area contributed by atoms with Crippen molar-refractivity contribution in [1.29, 1.82) is 0 Å². The van der Waals surface area contributed by atoms with Gasteiger partial charge in [-0.05, 0) is 37.4 Å². The van der Waals surface area contributed by atoms with Crippen LogP contribution in [0.4, 0.5) is 10.1 Å². The fourth-order valence-corrected chi connectivity index (χ4v) is 2.93. The maximum absolute atomic E-state index is 13.5. The summed E-state index contributed by atoms with van der Waals surface area (Å²) in [6.45, 7) is 1.75. The number of nitrogens with zero attached hydrogens (tertiary/aromatic N) is 1.